The Hall–Kier alpha value is -3.51. The number of fused-ring (bicyclic) bond motifs is 2. The fraction of sp³-hybridized carbons (Fsp3) is 0.528. The maximum Gasteiger partial charge on any atom is 0.306 e. The Labute approximate surface area is 284 Å². The second kappa shape index (κ2) is 13.8. The first-order valence-corrected chi connectivity index (χ1v) is 17.3. The molecule has 2 N–H and O–H groups in total. The van der Waals surface area contributed by atoms with E-state index >= 15 is 4.39 Å². The third-order valence-corrected chi connectivity index (χ3v) is 11.2. The van der Waals surface area contributed by atoms with Crippen molar-refractivity contribution in [3.63, 3.8) is 0 Å². The number of likely N-dealkylation sites (tertiary alicyclic amines) is 2. The Morgan fingerprint density at radius 1 is 1.06 bits per heavy atom. The summed E-state index contributed by atoms with van der Waals surface area (Å²) in [6.45, 7) is 4.34. The molecule has 3 aromatic rings. The second-order valence-corrected chi connectivity index (χ2v) is 14.4. The first kappa shape index (κ1) is 33.0. The molecule has 4 atom stereocenters. The van der Waals surface area contributed by atoms with Crippen LogP contribution in [0.2, 0.25) is 5.02 Å². The number of aryl methyl sites for hydroxylation is 1. The van der Waals surface area contributed by atoms with Gasteiger partial charge >= 0.3 is 5.97 Å². The average Bonchev–Trinajstić information content (AvgIpc) is 3.86. The Morgan fingerprint density at radius 2 is 1.79 bits per heavy atom. The van der Waals surface area contributed by atoms with Crippen LogP contribution in [0.1, 0.15) is 48.0 Å². The normalized spacial score (nSPS) is 27.4. The van der Waals surface area contributed by atoms with Gasteiger partial charge in [0.05, 0.1) is 60.6 Å². The molecule has 1 aliphatic carbocycles. The van der Waals surface area contributed by atoms with Crippen molar-refractivity contribution >= 4 is 46.0 Å². The van der Waals surface area contributed by atoms with E-state index in [1.54, 1.807) is 6.20 Å². The lowest BCUT2D eigenvalue weighted by atomic mass is 9.87. The first-order valence-electron chi connectivity index (χ1n) is 16.9. The third-order valence-electron chi connectivity index (χ3n) is 10.9. The smallest absolute Gasteiger partial charge is 0.306 e. The van der Waals surface area contributed by atoms with Crippen LogP contribution in [0.5, 0.6) is 0 Å². The Bertz CT molecular complexity index is 1690. The minimum absolute atomic E-state index is 0.0345. The predicted octanol–water partition coefficient (Wildman–Crippen LogP) is 4.97. The van der Waals surface area contributed by atoms with Crippen LogP contribution in [-0.2, 0) is 32.5 Å². The van der Waals surface area contributed by atoms with E-state index in [1.165, 1.54) is 12.1 Å². The third kappa shape index (κ3) is 6.70. The molecular weight excluding hydrogens is 639 g/mol. The van der Waals surface area contributed by atoms with Crippen molar-refractivity contribution in [3.05, 3.63) is 64.6 Å². The van der Waals surface area contributed by atoms with Crippen molar-refractivity contribution in [2.45, 2.75) is 56.7 Å². The molecule has 7 rings (SSSR count). The van der Waals surface area contributed by atoms with Crippen molar-refractivity contribution in [3.8, 4) is 0 Å². The van der Waals surface area contributed by atoms with Crippen LogP contribution in [0.3, 0.4) is 0 Å². The number of aromatic nitrogens is 1. The van der Waals surface area contributed by atoms with E-state index in [2.05, 4.69) is 10.2 Å². The van der Waals surface area contributed by atoms with Gasteiger partial charge in [0, 0.05) is 61.7 Å². The van der Waals surface area contributed by atoms with Crippen LogP contribution in [-0.4, -0.2) is 94.9 Å². The molecule has 3 aliphatic heterocycles. The molecule has 48 heavy (non-hydrogen) atoms. The quantitative estimate of drug-likeness (QED) is 0.328. The fourth-order valence-corrected chi connectivity index (χ4v) is 8.39. The zero-order chi connectivity index (χ0) is 33.5. The highest BCUT2D eigenvalue weighted by atomic mass is 35.5. The standard InChI is InChI=1S/C36H42ClFN4O6/c1-40-17-29(28-4-2-3-5-33(28)40)35(44)39-32-13-31(38)22(10-30(32)37)11-34(43)42-16-25(41-14-23-18-47-19-24(23)15-41)12-26(42)20-48-27-8-6-21(7-9-27)36(45)46/h2-5,10,13,17,21,23-27H,6-9,11-12,14-16,18-20H2,1H3,(H,39,44)(H,45,46)/t21?,23-,24+,25?,26?,27?. The first-order chi connectivity index (χ1) is 23.1. The van der Waals surface area contributed by atoms with Crippen LogP contribution in [0.15, 0.2) is 42.6 Å². The number of carbonyl (C=O) groups is 3. The number of halogens is 2. The maximum absolute atomic E-state index is 15.5. The summed E-state index contributed by atoms with van der Waals surface area (Å²) in [5.74, 6) is -1.27. The van der Waals surface area contributed by atoms with E-state index in [4.69, 9.17) is 21.1 Å². The monoisotopic (exact) mass is 680 g/mol. The molecule has 4 aliphatic rings. The molecular formula is C36H42ClFN4O6. The van der Waals surface area contributed by atoms with Gasteiger partial charge in [-0.15, -0.1) is 0 Å². The fourth-order valence-electron chi connectivity index (χ4n) is 8.16. The van der Waals surface area contributed by atoms with E-state index in [1.807, 2.05) is 40.8 Å². The number of aliphatic carboxylic acids is 1. The Morgan fingerprint density at radius 3 is 2.52 bits per heavy atom. The van der Waals surface area contributed by atoms with Gasteiger partial charge < -0.3 is 29.4 Å². The summed E-state index contributed by atoms with van der Waals surface area (Å²) < 4.78 is 29.4. The number of ether oxygens (including phenoxy) is 2. The number of benzene rings is 2. The molecule has 4 heterocycles. The van der Waals surface area contributed by atoms with Crippen LogP contribution >= 0.6 is 11.6 Å². The molecule has 2 aromatic carbocycles. The predicted molar refractivity (Wildman–Crippen MR) is 179 cm³/mol. The molecule has 0 bridgehead atoms. The number of hydrogen-bond donors (Lipinski definition) is 2. The summed E-state index contributed by atoms with van der Waals surface area (Å²) >= 11 is 6.56. The number of rotatable bonds is 9. The largest absolute Gasteiger partial charge is 0.481 e. The van der Waals surface area contributed by atoms with Crippen LogP contribution in [0.25, 0.3) is 10.9 Å². The lowest BCUT2D eigenvalue weighted by Crippen LogP contribution is -2.41. The zero-order valence-corrected chi connectivity index (χ0v) is 27.8. The highest BCUT2D eigenvalue weighted by Crippen LogP contribution is 2.35. The molecule has 1 saturated carbocycles. The molecule has 256 valence electrons. The molecule has 0 spiro atoms. The zero-order valence-electron chi connectivity index (χ0n) is 27.1. The number of amides is 2. The molecule has 4 fully saturated rings. The van der Waals surface area contributed by atoms with E-state index in [0.717, 1.165) is 43.6 Å². The van der Waals surface area contributed by atoms with E-state index in [9.17, 15) is 19.5 Å². The van der Waals surface area contributed by atoms with Gasteiger partial charge in [-0.2, -0.15) is 0 Å². The number of para-hydroxylation sites is 1. The lowest BCUT2D eigenvalue weighted by Gasteiger charge is -2.30. The summed E-state index contributed by atoms with van der Waals surface area (Å²) in [4.78, 5) is 42.8. The lowest BCUT2D eigenvalue weighted by molar-refractivity contribution is -0.144. The molecule has 3 saturated heterocycles. The van der Waals surface area contributed by atoms with Crippen molar-refractivity contribution < 1.29 is 33.4 Å². The highest BCUT2D eigenvalue weighted by molar-refractivity contribution is 6.34. The van der Waals surface area contributed by atoms with Gasteiger partial charge in [-0.25, -0.2) is 4.39 Å². The van der Waals surface area contributed by atoms with Gasteiger partial charge in [0.1, 0.15) is 5.82 Å². The summed E-state index contributed by atoms with van der Waals surface area (Å²) in [6, 6.07) is 10.1. The van der Waals surface area contributed by atoms with Crippen molar-refractivity contribution in [2.75, 3.05) is 44.8 Å². The summed E-state index contributed by atoms with van der Waals surface area (Å²) in [5.41, 5.74) is 1.65. The molecule has 2 amide bonds. The van der Waals surface area contributed by atoms with Gasteiger partial charge in [-0.3, -0.25) is 19.3 Å². The van der Waals surface area contributed by atoms with Crippen LogP contribution in [0, 0.1) is 23.6 Å². The number of carboxylic acid groups (broad SMARTS) is 1. The molecule has 1 aromatic heterocycles. The van der Waals surface area contributed by atoms with Crippen molar-refractivity contribution in [1.29, 1.82) is 0 Å². The average molecular weight is 681 g/mol. The van der Waals surface area contributed by atoms with E-state index < -0.39 is 17.7 Å². The summed E-state index contributed by atoms with van der Waals surface area (Å²) in [5, 5.41) is 13.0. The van der Waals surface area contributed by atoms with E-state index in [-0.39, 0.29) is 52.7 Å². The maximum atomic E-state index is 15.5. The molecule has 2 unspecified atom stereocenters. The number of carbonyl (C=O) groups excluding carboxylic acids is 2. The van der Waals surface area contributed by atoms with Crippen molar-refractivity contribution in [2.24, 2.45) is 24.8 Å². The van der Waals surface area contributed by atoms with Gasteiger partial charge in [-0.05, 0) is 55.9 Å². The van der Waals surface area contributed by atoms with Crippen LogP contribution < -0.4 is 5.32 Å². The van der Waals surface area contributed by atoms with E-state index in [0.29, 0.717) is 56.2 Å². The van der Waals surface area contributed by atoms with Crippen LogP contribution in [0.4, 0.5) is 10.1 Å². The summed E-state index contributed by atoms with van der Waals surface area (Å²) in [7, 11) is 1.86. The number of carboxylic acids is 1. The number of nitrogens with zero attached hydrogens (tertiary/aromatic N) is 3. The minimum atomic E-state index is -0.753. The SMILES string of the molecule is Cn1cc(C(=O)Nc2cc(F)c(CC(=O)N3CC(N4C[C@H]5COC[C@H]5C4)CC3COC3CCC(C(=O)O)CC3)cc2Cl)c2ccccc21. The number of anilines is 1. The van der Waals surface area contributed by atoms with Gasteiger partial charge in [0.15, 0.2) is 0 Å². The second-order valence-electron chi connectivity index (χ2n) is 14.0. The van der Waals surface area contributed by atoms with Gasteiger partial charge in [-0.1, -0.05) is 29.8 Å². The Balaban J connectivity index is 1.03. The Kier molecular flexibility index (Phi) is 9.47. The molecule has 0 radical (unpaired) electrons. The number of hydrogen-bond acceptors (Lipinski definition) is 6. The minimum Gasteiger partial charge on any atom is -0.481 e. The number of nitrogens with one attached hydrogen (secondary N) is 1. The molecule has 10 nitrogen and oxygen atoms in total. The molecule has 12 heteroatoms. The summed E-state index contributed by atoms with van der Waals surface area (Å²) in [6.07, 6.45) is 4.83. The topological polar surface area (TPSA) is 113 Å². The van der Waals surface area contributed by atoms with Crippen molar-refractivity contribution in [1.82, 2.24) is 14.4 Å². The highest BCUT2D eigenvalue weighted by Gasteiger charge is 2.45. The van der Waals surface area contributed by atoms with Gasteiger partial charge in [0.2, 0.25) is 5.91 Å². The van der Waals surface area contributed by atoms with Gasteiger partial charge in [0.25, 0.3) is 5.91 Å².